The molecular formula is C21H18N4O7. The molecule has 0 fully saturated rings. The summed E-state index contributed by atoms with van der Waals surface area (Å²) in [6, 6.07) is 7.07. The summed E-state index contributed by atoms with van der Waals surface area (Å²) in [4.78, 5) is 62.4. The second kappa shape index (κ2) is 8.10. The Labute approximate surface area is 179 Å². The van der Waals surface area contributed by atoms with Gasteiger partial charge >= 0.3 is 17.9 Å². The van der Waals surface area contributed by atoms with E-state index < -0.39 is 40.3 Å². The fraction of sp³-hybridized carbons (Fsp3) is 0.238. The van der Waals surface area contributed by atoms with E-state index in [2.05, 4.69) is 15.0 Å². The molecule has 0 saturated carbocycles. The van der Waals surface area contributed by atoms with Crippen LogP contribution in [0.2, 0.25) is 0 Å². The number of aromatic nitrogens is 4. The Morgan fingerprint density at radius 1 is 0.969 bits per heavy atom. The number of ether oxygens (including phenoxy) is 3. The van der Waals surface area contributed by atoms with E-state index in [0.717, 1.165) is 6.92 Å². The summed E-state index contributed by atoms with van der Waals surface area (Å²) in [7, 11) is 0. The molecule has 0 aliphatic rings. The van der Waals surface area contributed by atoms with E-state index in [1.807, 2.05) is 0 Å². The number of fused-ring (bicyclic) bond motifs is 4. The van der Waals surface area contributed by atoms with Crippen molar-refractivity contribution in [2.24, 2.45) is 0 Å². The molecule has 0 radical (unpaired) electrons. The first-order chi connectivity index (χ1) is 15.4. The van der Waals surface area contributed by atoms with E-state index in [1.165, 1.54) is 4.40 Å². The minimum atomic E-state index is -1.06. The topological polar surface area (TPSA) is 142 Å². The molecule has 1 aromatic carbocycles. The number of esters is 3. The van der Waals surface area contributed by atoms with Crippen molar-refractivity contribution < 1.29 is 28.6 Å². The number of carbonyl (C=O) groups is 3. The molecule has 11 nitrogen and oxygen atoms in total. The van der Waals surface area contributed by atoms with E-state index >= 15 is 0 Å². The summed E-state index contributed by atoms with van der Waals surface area (Å²) in [6.07, 6.45) is 0. The number of hydrogen-bond donors (Lipinski definition) is 1. The van der Waals surface area contributed by atoms with E-state index in [4.69, 9.17) is 14.2 Å². The number of nitrogens with zero attached hydrogens (tertiary/aromatic N) is 3. The van der Waals surface area contributed by atoms with Gasteiger partial charge in [-0.05, 0) is 26.0 Å². The van der Waals surface area contributed by atoms with Crippen molar-refractivity contribution in [3.8, 4) is 5.88 Å². The monoisotopic (exact) mass is 438 g/mol. The summed E-state index contributed by atoms with van der Waals surface area (Å²) < 4.78 is 16.4. The molecule has 4 aromatic rings. The number of benzene rings is 1. The van der Waals surface area contributed by atoms with Gasteiger partial charge in [0.25, 0.3) is 0 Å². The predicted molar refractivity (Wildman–Crippen MR) is 112 cm³/mol. The fourth-order valence-electron chi connectivity index (χ4n) is 3.32. The number of H-pyrrole nitrogens is 1. The van der Waals surface area contributed by atoms with Gasteiger partial charge in [-0.2, -0.15) is 0 Å². The van der Waals surface area contributed by atoms with Crippen molar-refractivity contribution in [3.05, 3.63) is 45.6 Å². The molecule has 164 valence electrons. The lowest BCUT2D eigenvalue weighted by molar-refractivity contribution is -0.132. The van der Waals surface area contributed by atoms with Crippen LogP contribution in [-0.4, -0.2) is 50.5 Å². The second-order valence-electron chi connectivity index (χ2n) is 6.62. The van der Waals surface area contributed by atoms with Crippen LogP contribution in [0.4, 0.5) is 0 Å². The largest absolute Gasteiger partial charge is 0.462 e. The van der Waals surface area contributed by atoms with E-state index in [9.17, 15) is 19.2 Å². The highest BCUT2D eigenvalue weighted by Gasteiger charge is 2.32. The third-order valence-electron chi connectivity index (χ3n) is 4.53. The van der Waals surface area contributed by atoms with E-state index in [-0.39, 0.29) is 30.2 Å². The summed E-state index contributed by atoms with van der Waals surface area (Å²) in [5, 5.41) is 0. The van der Waals surface area contributed by atoms with Crippen molar-refractivity contribution in [2.45, 2.75) is 20.8 Å². The molecule has 4 rings (SSSR count). The van der Waals surface area contributed by atoms with Gasteiger partial charge in [-0.3, -0.25) is 9.59 Å². The van der Waals surface area contributed by atoms with Gasteiger partial charge in [-0.15, -0.1) is 0 Å². The van der Waals surface area contributed by atoms with Crippen molar-refractivity contribution in [3.63, 3.8) is 0 Å². The van der Waals surface area contributed by atoms with Crippen LogP contribution in [0.15, 0.2) is 29.1 Å². The molecule has 0 aliphatic heterocycles. The molecule has 3 aromatic heterocycles. The van der Waals surface area contributed by atoms with Gasteiger partial charge < -0.3 is 19.2 Å². The van der Waals surface area contributed by atoms with E-state index in [1.54, 1.807) is 38.1 Å². The van der Waals surface area contributed by atoms with E-state index in [0.29, 0.717) is 11.0 Å². The van der Waals surface area contributed by atoms with Gasteiger partial charge in [0.2, 0.25) is 11.3 Å². The molecular weight excluding hydrogens is 420 g/mol. The first-order valence-corrected chi connectivity index (χ1v) is 9.77. The lowest BCUT2D eigenvalue weighted by Gasteiger charge is -2.12. The maximum absolute atomic E-state index is 13.3. The molecule has 0 saturated heterocycles. The standard InChI is InChI=1S/C21H18N4O7/c1-4-30-20(28)13-15(27)14(21(29)31-5-2)19(32-10(3)26)25-17(13)24-16-18(25)23-12-9-7-6-8-11(12)22-16/h6-9H,4-5H2,1-3H3,(H,22,24). The Hall–Kier alpha value is -4.28. The first kappa shape index (κ1) is 21.0. The Balaban J connectivity index is 2.24. The van der Waals surface area contributed by atoms with Gasteiger partial charge in [0.1, 0.15) is 0 Å². The molecule has 0 unspecified atom stereocenters. The summed E-state index contributed by atoms with van der Waals surface area (Å²) >= 11 is 0. The zero-order valence-electron chi connectivity index (χ0n) is 17.4. The smallest absolute Gasteiger partial charge is 0.347 e. The van der Waals surface area contributed by atoms with Gasteiger partial charge in [-0.1, -0.05) is 12.1 Å². The van der Waals surface area contributed by atoms with Gasteiger partial charge in [-0.25, -0.2) is 24.0 Å². The summed E-state index contributed by atoms with van der Waals surface area (Å²) in [6.45, 7) is 4.17. The molecule has 11 heteroatoms. The fourth-order valence-corrected chi connectivity index (χ4v) is 3.32. The van der Waals surface area contributed by atoms with Crippen molar-refractivity contribution >= 4 is 45.9 Å². The van der Waals surface area contributed by atoms with Gasteiger partial charge in [0.05, 0.1) is 24.2 Å². The number of carbonyl (C=O) groups excluding carboxylic acids is 3. The Morgan fingerprint density at radius 2 is 1.62 bits per heavy atom. The first-order valence-electron chi connectivity index (χ1n) is 9.77. The van der Waals surface area contributed by atoms with Crippen LogP contribution in [0, 0.1) is 0 Å². The van der Waals surface area contributed by atoms with Crippen molar-refractivity contribution in [2.75, 3.05) is 13.2 Å². The maximum atomic E-state index is 13.3. The van der Waals surface area contributed by atoms with Gasteiger partial charge in [0.15, 0.2) is 28.1 Å². The van der Waals surface area contributed by atoms with Crippen molar-refractivity contribution in [1.29, 1.82) is 0 Å². The minimum Gasteiger partial charge on any atom is -0.462 e. The number of nitrogens with one attached hydrogen (secondary N) is 1. The Kier molecular flexibility index (Phi) is 5.31. The third-order valence-corrected chi connectivity index (χ3v) is 4.53. The number of aromatic amines is 1. The minimum absolute atomic E-state index is 0.0145. The third kappa shape index (κ3) is 3.33. The maximum Gasteiger partial charge on any atom is 0.347 e. The van der Waals surface area contributed by atoms with Crippen molar-refractivity contribution in [1.82, 2.24) is 19.4 Å². The lowest BCUT2D eigenvalue weighted by atomic mass is 10.1. The number of hydrogen-bond acceptors (Lipinski definition) is 9. The lowest BCUT2D eigenvalue weighted by Crippen LogP contribution is -2.28. The SMILES string of the molecule is CCOC(=O)c1c(OC(C)=O)n2c(nc3[nH]c4ccccc4nc32)c(C(=O)OCC)c1=O. The molecule has 0 aliphatic carbocycles. The second-order valence-corrected chi connectivity index (χ2v) is 6.62. The predicted octanol–water partition coefficient (Wildman–Crippen LogP) is 2.00. The molecule has 0 spiro atoms. The van der Waals surface area contributed by atoms with Gasteiger partial charge in [0, 0.05) is 6.92 Å². The number of para-hydroxylation sites is 2. The number of imidazole rings is 1. The molecule has 32 heavy (non-hydrogen) atoms. The van der Waals surface area contributed by atoms with Crippen LogP contribution in [0.25, 0.3) is 28.0 Å². The highest BCUT2D eigenvalue weighted by Crippen LogP contribution is 2.27. The Morgan fingerprint density at radius 3 is 2.28 bits per heavy atom. The van der Waals surface area contributed by atoms with Crippen LogP contribution < -0.4 is 10.2 Å². The highest BCUT2D eigenvalue weighted by molar-refractivity contribution is 6.03. The zero-order chi connectivity index (χ0) is 23.0. The average Bonchev–Trinajstić information content (AvgIpc) is 3.09. The normalized spacial score (nSPS) is 11.1. The average molecular weight is 438 g/mol. The number of pyridine rings is 1. The van der Waals surface area contributed by atoms with Crippen LogP contribution in [-0.2, 0) is 14.3 Å². The van der Waals surface area contributed by atoms with Crippen LogP contribution in [0.3, 0.4) is 0 Å². The number of rotatable bonds is 5. The molecule has 1 N–H and O–H groups in total. The summed E-state index contributed by atoms with van der Waals surface area (Å²) in [5.74, 6) is -3.29. The molecule has 0 bridgehead atoms. The molecule has 0 amide bonds. The summed E-state index contributed by atoms with van der Waals surface area (Å²) in [5.41, 5.74) is -0.820. The van der Waals surface area contributed by atoms with Crippen LogP contribution in [0.1, 0.15) is 41.5 Å². The molecule has 0 atom stereocenters. The zero-order valence-corrected chi connectivity index (χ0v) is 17.4. The van der Waals surface area contributed by atoms with Crippen LogP contribution in [0.5, 0.6) is 5.88 Å². The molecule has 3 heterocycles. The van der Waals surface area contributed by atoms with Crippen LogP contribution >= 0.6 is 0 Å². The Bertz CT molecular complexity index is 1470. The quantitative estimate of drug-likeness (QED) is 0.463. The highest BCUT2D eigenvalue weighted by atomic mass is 16.6.